The minimum atomic E-state index is -0.131. The Labute approximate surface area is 186 Å². The number of hydrogen-bond acceptors (Lipinski definition) is 2. The Morgan fingerprint density at radius 3 is 1.77 bits per heavy atom. The molecular formula is C28H46O2. The number of ketones is 1. The van der Waals surface area contributed by atoms with E-state index in [-0.39, 0.29) is 29.8 Å². The van der Waals surface area contributed by atoms with Crippen molar-refractivity contribution in [1.29, 1.82) is 0 Å². The summed E-state index contributed by atoms with van der Waals surface area (Å²) in [5.41, 5.74) is 5.47. The maximum absolute atomic E-state index is 12.5. The molecule has 1 rings (SSSR count). The summed E-state index contributed by atoms with van der Waals surface area (Å²) in [5.74, 6) is 1.67. The molecule has 0 aromatic heterocycles. The Bertz CT molecular complexity index is 682. The minimum absolute atomic E-state index is 0.0641. The zero-order valence-corrected chi connectivity index (χ0v) is 21.4. The largest absolute Gasteiger partial charge is 0.369 e. The number of carbonyl (C=O) groups is 1. The van der Waals surface area contributed by atoms with Gasteiger partial charge in [0.2, 0.25) is 0 Å². The molecule has 0 unspecified atom stereocenters. The third kappa shape index (κ3) is 6.54. The van der Waals surface area contributed by atoms with E-state index in [0.29, 0.717) is 24.2 Å². The molecule has 0 saturated carbocycles. The van der Waals surface area contributed by atoms with E-state index in [1.54, 1.807) is 0 Å². The highest BCUT2D eigenvalue weighted by atomic mass is 16.5. The van der Waals surface area contributed by atoms with E-state index in [2.05, 4.69) is 79.7 Å². The normalized spacial score (nSPS) is 16.5. The molecule has 0 amide bonds. The summed E-state index contributed by atoms with van der Waals surface area (Å²) < 4.78 is 6.75. The lowest BCUT2D eigenvalue weighted by molar-refractivity contribution is -0.131. The van der Waals surface area contributed by atoms with Crippen molar-refractivity contribution in [3.8, 4) is 0 Å². The number of rotatable bonds is 11. The van der Waals surface area contributed by atoms with Gasteiger partial charge < -0.3 is 4.74 Å². The molecule has 30 heavy (non-hydrogen) atoms. The lowest BCUT2D eigenvalue weighted by Crippen LogP contribution is -2.34. The van der Waals surface area contributed by atoms with Gasteiger partial charge >= 0.3 is 0 Å². The molecule has 0 radical (unpaired) electrons. The molecule has 0 heterocycles. The van der Waals surface area contributed by atoms with Gasteiger partial charge in [0.05, 0.1) is 12.2 Å². The van der Waals surface area contributed by atoms with Crippen molar-refractivity contribution >= 4 is 5.78 Å². The number of carbonyl (C=O) groups excluding carboxylic acids is 1. The van der Waals surface area contributed by atoms with Crippen molar-refractivity contribution in [1.82, 2.24) is 0 Å². The molecule has 0 aliphatic carbocycles. The highest BCUT2D eigenvalue weighted by Crippen LogP contribution is 2.38. The average molecular weight is 415 g/mol. The molecule has 170 valence electrons. The highest BCUT2D eigenvalue weighted by molar-refractivity contribution is 5.81. The molecule has 4 atom stereocenters. The van der Waals surface area contributed by atoms with Gasteiger partial charge in [0.1, 0.15) is 5.78 Å². The molecule has 0 N–H and O–H groups in total. The van der Waals surface area contributed by atoms with Crippen LogP contribution in [0.4, 0.5) is 0 Å². The fourth-order valence-electron chi connectivity index (χ4n) is 4.40. The van der Waals surface area contributed by atoms with Gasteiger partial charge in [-0.25, -0.2) is 0 Å². The van der Waals surface area contributed by atoms with Crippen molar-refractivity contribution in [2.24, 2.45) is 11.8 Å². The third-order valence-electron chi connectivity index (χ3n) is 6.31. The van der Waals surface area contributed by atoms with E-state index < -0.39 is 0 Å². The van der Waals surface area contributed by atoms with Crippen LogP contribution in [-0.4, -0.2) is 11.9 Å². The molecule has 0 aliphatic heterocycles. The number of allylic oxidation sites excluding steroid dienone is 1. The van der Waals surface area contributed by atoms with Gasteiger partial charge in [-0.1, -0.05) is 86.6 Å². The molecule has 1 aromatic rings. The van der Waals surface area contributed by atoms with Crippen LogP contribution in [0.1, 0.15) is 129 Å². The minimum Gasteiger partial charge on any atom is -0.369 e. The summed E-state index contributed by atoms with van der Waals surface area (Å²) in [4.78, 5) is 12.5. The first-order chi connectivity index (χ1) is 14.0. The first-order valence-corrected chi connectivity index (χ1v) is 11.9. The van der Waals surface area contributed by atoms with E-state index in [4.69, 9.17) is 4.74 Å². The molecule has 2 heteroatoms. The lowest BCUT2D eigenvalue weighted by atomic mass is 9.82. The maximum Gasteiger partial charge on any atom is 0.138 e. The summed E-state index contributed by atoms with van der Waals surface area (Å²) in [5, 5.41) is 0. The summed E-state index contributed by atoms with van der Waals surface area (Å²) in [7, 11) is 0. The van der Waals surface area contributed by atoms with Crippen LogP contribution in [-0.2, 0) is 9.53 Å². The van der Waals surface area contributed by atoms with Crippen LogP contribution in [0.3, 0.4) is 0 Å². The Balaban J connectivity index is 3.51. The predicted octanol–water partition coefficient (Wildman–Crippen LogP) is 8.33. The molecule has 0 aliphatic rings. The van der Waals surface area contributed by atoms with E-state index in [1.165, 1.54) is 22.3 Å². The first-order valence-electron chi connectivity index (χ1n) is 11.9. The summed E-state index contributed by atoms with van der Waals surface area (Å²) in [6, 6.07) is 4.75. The van der Waals surface area contributed by atoms with E-state index in [0.717, 1.165) is 0 Å². The Kier molecular flexibility index (Phi) is 10.5. The predicted molar refractivity (Wildman–Crippen MR) is 130 cm³/mol. The molecular weight excluding hydrogens is 368 g/mol. The van der Waals surface area contributed by atoms with Crippen molar-refractivity contribution < 1.29 is 9.53 Å². The van der Waals surface area contributed by atoms with Crippen LogP contribution in [0.5, 0.6) is 0 Å². The Morgan fingerprint density at radius 1 is 0.900 bits per heavy atom. The van der Waals surface area contributed by atoms with E-state index >= 15 is 0 Å². The van der Waals surface area contributed by atoms with Gasteiger partial charge in [0, 0.05) is 18.3 Å². The van der Waals surface area contributed by atoms with Crippen LogP contribution in [0.25, 0.3) is 0 Å². The summed E-state index contributed by atoms with van der Waals surface area (Å²) in [6.07, 6.45) is 4.58. The SMILES string of the molecule is C/C=C/[C@H](C)[C@H](O[C@H](C)c1c(C(C)C)cc(C(C)C)cc1C(C)C)[C@@H](C)C(=O)CC. The molecule has 0 saturated heterocycles. The van der Waals surface area contributed by atoms with Gasteiger partial charge in [-0.3, -0.25) is 4.79 Å². The lowest BCUT2D eigenvalue weighted by Gasteiger charge is -2.33. The van der Waals surface area contributed by atoms with Crippen molar-refractivity contribution in [2.45, 2.75) is 113 Å². The van der Waals surface area contributed by atoms with Crippen molar-refractivity contribution in [2.75, 3.05) is 0 Å². The van der Waals surface area contributed by atoms with Gasteiger partial charge in [-0.05, 0) is 53.9 Å². The standard InChI is InChI=1S/C28H46O2/c1-12-14-20(9)28(21(10)26(29)13-2)30-22(11)27-24(18(5)6)15-23(17(3)4)16-25(27)19(7)8/h12,14-22,28H,13H2,1-11H3/b14-12+/t20-,21-,22+,28-/m0/s1. The fourth-order valence-corrected chi connectivity index (χ4v) is 4.40. The molecule has 0 fully saturated rings. The van der Waals surface area contributed by atoms with Gasteiger partial charge in [0.25, 0.3) is 0 Å². The number of hydrogen-bond donors (Lipinski definition) is 0. The second-order valence-electron chi connectivity index (χ2n) is 9.81. The molecule has 0 bridgehead atoms. The smallest absolute Gasteiger partial charge is 0.138 e. The monoisotopic (exact) mass is 414 g/mol. The Hall–Kier alpha value is -1.41. The second kappa shape index (κ2) is 11.8. The van der Waals surface area contributed by atoms with Crippen LogP contribution in [0.15, 0.2) is 24.3 Å². The highest BCUT2D eigenvalue weighted by Gasteiger charge is 2.31. The quantitative estimate of drug-likeness (QED) is 0.340. The summed E-state index contributed by atoms with van der Waals surface area (Å²) in [6.45, 7) is 23.9. The van der Waals surface area contributed by atoms with E-state index in [1.807, 2.05) is 20.8 Å². The van der Waals surface area contributed by atoms with Crippen LogP contribution in [0, 0.1) is 11.8 Å². The third-order valence-corrected chi connectivity index (χ3v) is 6.31. The zero-order chi connectivity index (χ0) is 23.2. The van der Waals surface area contributed by atoms with Gasteiger partial charge in [-0.2, -0.15) is 0 Å². The van der Waals surface area contributed by atoms with E-state index in [9.17, 15) is 4.79 Å². The second-order valence-corrected chi connectivity index (χ2v) is 9.81. The van der Waals surface area contributed by atoms with Gasteiger partial charge in [-0.15, -0.1) is 0 Å². The van der Waals surface area contributed by atoms with Crippen LogP contribution >= 0.6 is 0 Å². The molecule has 1 aromatic carbocycles. The maximum atomic E-state index is 12.5. The molecule has 0 spiro atoms. The Morgan fingerprint density at radius 2 is 1.40 bits per heavy atom. The van der Waals surface area contributed by atoms with Crippen LogP contribution in [0.2, 0.25) is 0 Å². The molecule has 2 nitrogen and oxygen atoms in total. The van der Waals surface area contributed by atoms with Crippen molar-refractivity contribution in [3.63, 3.8) is 0 Å². The number of benzene rings is 1. The number of ether oxygens (including phenoxy) is 1. The topological polar surface area (TPSA) is 26.3 Å². The zero-order valence-electron chi connectivity index (χ0n) is 21.4. The van der Waals surface area contributed by atoms with Crippen molar-refractivity contribution in [3.05, 3.63) is 46.5 Å². The number of Topliss-reactive ketones (excluding diaryl/α,β-unsaturated/α-hetero) is 1. The van der Waals surface area contributed by atoms with Gasteiger partial charge in [0.15, 0.2) is 0 Å². The summed E-state index contributed by atoms with van der Waals surface area (Å²) >= 11 is 0. The average Bonchev–Trinajstić information content (AvgIpc) is 2.69. The first kappa shape index (κ1) is 26.6. The van der Waals surface area contributed by atoms with Crippen LogP contribution < -0.4 is 0 Å². The fraction of sp³-hybridized carbons (Fsp3) is 0.679.